The largest absolute Gasteiger partial charge is 0.449 e. The number of carbonyl (C=O) groups is 1. The highest BCUT2D eigenvalue weighted by Gasteiger charge is 2.28. The lowest BCUT2D eigenvalue weighted by Gasteiger charge is -2.14. The molecule has 0 fully saturated rings. The number of unbranched alkanes of at least 4 members (excludes halogenated alkanes) is 3. The molecule has 0 spiro atoms. The number of alkyl carbamates (subject to hydrolysis) is 1. The second-order valence-corrected chi connectivity index (χ2v) is 13.5. The maximum absolute atomic E-state index is 12.3. The molecule has 0 aromatic heterocycles. The number of rotatable bonds is 41. The Morgan fingerprint density at radius 1 is 0.431 bits per heavy atom. The SMILES string of the molecule is O=C(NCCOCCOCCOCCOCCOCCOCCOCCOCCOCCOCCOCCCCCCCl)OCC1c2ccccc2-c2ccccc21. The van der Waals surface area contributed by atoms with Gasteiger partial charge in [-0.05, 0) is 35.1 Å². The maximum atomic E-state index is 12.3. The van der Waals surface area contributed by atoms with Crippen LogP contribution in [0.25, 0.3) is 11.1 Å². The predicted octanol–water partition coefficient (Wildman–Crippen LogP) is 5.51. The maximum Gasteiger partial charge on any atom is 0.407 e. The minimum atomic E-state index is -0.452. The second-order valence-electron chi connectivity index (χ2n) is 13.1. The number of ether oxygens (including phenoxy) is 12. The van der Waals surface area contributed by atoms with Crippen LogP contribution in [0, 0.1) is 0 Å². The molecule has 14 nitrogen and oxygen atoms in total. The molecule has 1 N–H and O–H groups in total. The molecule has 1 aliphatic rings. The predicted molar refractivity (Wildman–Crippen MR) is 221 cm³/mol. The van der Waals surface area contributed by atoms with Crippen molar-refractivity contribution in [2.75, 3.05) is 164 Å². The van der Waals surface area contributed by atoms with Crippen LogP contribution in [0.3, 0.4) is 0 Å². The first kappa shape index (κ1) is 49.9. The van der Waals surface area contributed by atoms with Gasteiger partial charge >= 0.3 is 6.09 Å². The summed E-state index contributed by atoms with van der Waals surface area (Å²) in [6, 6.07) is 16.5. The van der Waals surface area contributed by atoms with E-state index >= 15 is 0 Å². The van der Waals surface area contributed by atoms with E-state index in [0.717, 1.165) is 31.7 Å². The Morgan fingerprint density at radius 3 is 1.14 bits per heavy atom. The lowest BCUT2D eigenvalue weighted by molar-refractivity contribution is -0.0275. The first-order valence-electron chi connectivity index (χ1n) is 20.8. The Labute approximate surface area is 350 Å². The molecule has 0 saturated carbocycles. The summed E-state index contributed by atoms with van der Waals surface area (Å²) >= 11 is 5.66. The number of fused-ring (bicyclic) bond motifs is 3. The van der Waals surface area contributed by atoms with Crippen molar-refractivity contribution in [2.45, 2.75) is 31.6 Å². The zero-order chi connectivity index (χ0) is 40.8. The second kappa shape index (κ2) is 36.4. The van der Waals surface area contributed by atoms with Gasteiger partial charge in [-0.1, -0.05) is 61.4 Å². The fraction of sp³-hybridized carbons (Fsp3) is 0.698. The van der Waals surface area contributed by atoms with Crippen molar-refractivity contribution in [1.29, 1.82) is 0 Å². The standard InChI is InChI=1S/C43H68ClNO13/c44-13-7-1-2-8-15-47-17-19-49-21-23-51-25-27-53-29-31-55-33-35-57-36-34-56-32-30-54-28-26-52-24-22-50-20-18-48-16-14-45-43(46)58-37-42-40-11-5-3-9-38(40)39-10-4-6-12-41(39)42/h3-6,9-12,42H,1-2,7-8,13-37H2,(H,45,46). The molecule has 3 rings (SSSR count). The van der Waals surface area contributed by atoms with Crippen molar-refractivity contribution in [1.82, 2.24) is 5.32 Å². The minimum absolute atomic E-state index is 0.0360. The molecule has 1 amide bonds. The summed E-state index contributed by atoms with van der Waals surface area (Å²) in [5.74, 6) is 0.775. The molecule has 15 heteroatoms. The summed E-state index contributed by atoms with van der Waals surface area (Å²) in [4.78, 5) is 12.3. The Hall–Kier alpha value is -2.44. The molecule has 2 aromatic rings. The molecule has 0 unspecified atom stereocenters. The Kier molecular flexibility index (Phi) is 31.3. The molecule has 330 valence electrons. The lowest BCUT2D eigenvalue weighted by atomic mass is 9.98. The molecular formula is C43H68ClNO13. The number of nitrogens with one attached hydrogen (secondary N) is 1. The fourth-order valence-electron chi connectivity index (χ4n) is 5.83. The van der Waals surface area contributed by atoms with Crippen molar-refractivity contribution in [3.05, 3.63) is 59.7 Å². The number of hydrogen-bond acceptors (Lipinski definition) is 13. The van der Waals surface area contributed by atoms with Gasteiger partial charge in [0, 0.05) is 24.9 Å². The van der Waals surface area contributed by atoms with Crippen LogP contribution in [-0.4, -0.2) is 170 Å². The Bertz CT molecular complexity index is 1220. The molecule has 0 aliphatic heterocycles. The number of benzene rings is 2. The van der Waals surface area contributed by atoms with Crippen LogP contribution in [-0.2, 0) is 56.8 Å². The van der Waals surface area contributed by atoms with E-state index in [-0.39, 0.29) is 12.5 Å². The molecule has 0 saturated heterocycles. The Morgan fingerprint density at radius 2 is 0.759 bits per heavy atom. The normalized spacial score (nSPS) is 12.2. The monoisotopic (exact) mass is 841 g/mol. The van der Waals surface area contributed by atoms with Crippen LogP contribution in [0.15, 0.2) is 48.5 Å². The van der Waals surface area contributed by atoms with Gasteiger partial charge in [0.2, 0.25) is 0 Å². The number of hydrogen-bond donors (Lipinski definition) is 1. The van der Waals surface area contributed by atoms with Crippen molar-refractivity contribution in [2.24, 2.45) is 0 Å². The summed E-state index contributed by atoms with van der Waals surface area (Å²) in [6.45, 7) is 11.9. The van der Waals surface area contributed by atoms with Gasteiger partial charge in [0.15, 0.2) is 0 Å². The molecule has 0 radical (unpaired) electrons. The summed E-state index contributed by atoms with van der Waals surface area (Å²) < 4.78 is 66.2. The average molecular weight is 842 g/mol. The number of carbonyl (C=O) groups excluding carboxylic acids is 1. The third-order valence-corrected chi connectivity index (χ3v) is 9.02. The first-order chi connectivity index (χ1) is 28.8. The van der Waals surface area contributed by atoms with Crippen molar-refractivity contribution < 1.29 is 61.6 Å². The van der Waals surface area contributed by atoms with Crippen LogP contribution in [0.1, 0.15) is 42.7 Å². The molecule has 0 atom stereocenters. The molecule has 58 heavy (non-hydrogen) atoms. The summed E-state index contributed by atoms with van der Waals surface area (Å²) in [5.41, 5.74) is 4.77. The van der Waals surface area contributed by atoms with Crippen molar-refractivity contribution >= 4 is 17.7 Å². The Balaban J connectivity index is 0.927. The van der Waals surface area contributed by atoms with E-state index in [1.807, 2.05) is 24.3 Å². The fourth-order valence-corrected chi connectivity index (χ4v) is 6.02. The smallest absolute Gasteiger partial charge is 0.407 e. The van der Waals surface area contributed by atoms with Crippen LogP contribution in [0.2, 0.25) is 0 Å². The molecular weight excluding hydrogens is 774 g/mol. The van der Waals surface area contributed by atoms with Crippen molar-refractivity contribution in [3.63, 3.8) is 0 Å². The number of alkyl halides is 1. The van der Waals surface area contributed by atoms with E-state index in [0.29, 0.717) is 145 Å². The summed E-state index contributed by atoms with van der Waals surface area (Å²) in [5, 5.41) is 2.75. The van der Waals surface area contributed by atoms with Crippen LogP contribution < -0.4 is 5.32 Å². The van der Waals surface area contributed by atoms with E-state index in [2.05, 4.69) is 29.6 Å². The zero-order valence-corrected chi connectivity index (χ0v) is 35.1. The van der Waals surface area contributed by atoms with Gasteiger partial charge in [0.1, 0.15) is 6.61 Å². The van der Waals surface area contributed by atoms with E-state index in [9.17, 15) is 4.79 Å². The first-order valence-corrected chi connectivity index (χ1v) is 21.3. The van der Waals surface area contributed by atoms with Crippen LogP contribution in [0.4, 0.5) is 4.79 Å². The number of amides is 1. The minimum Gasteiger partial charge on any atom is -0.449 e. The van der Waals surface area contributed by atoms with Crippen LogP contribution >= 0.6 is 11.6 Å². The van der Waals surface area contributed by atoms with Gasteiger partial charge in [-0.2, -0.15) is 0 Å². The molecule has 1 aliphatic carbocycles. The van der Waals surface area contributed by atoms with Crippen LogP contribution in [0.5, 0.6) is 0 Å². The zero-order valence-electron chi connectivity index (χ0n) is 34.4. The highest BCUT2D eigenvalue weighted by atomic mass is 35.5. The van der Waals surface area contributed by atoms with Gasteiger partial charge < -0.3 is 62.2 Å². The summed E-state index contributed by atoms with van der Waals surface area (Å²) in [7, 11) is 0. The lowest BCUT2D eigenvalue weighted by Crippen LogP contribution is -2.29. The summed E-state index contributed by atoms with van der Waals surface area (Å²) in [6.07, 6.45) is 4.03. The molecule has 0 heterocycles. The molecule has 0 bridgehead atoms. The van der Waals surface area contributed by atoms with Crippen molar-refractivity contribution in [3.8, 4) is 11.1 Å². The van der Waals surface area contributed by atoms with E-state index < -0.39 is 6.09 Å². The van der Waals surface area contributed by atoms with Gasteiger partial charge in [-0.15, -0.1) is 11.6 Å². The van der Waals surface area contributed by atoms with Gasteiger partial charge in [-0.3, -0.25) is 0 Å². The van der Waals surface area contributed by atoms with Gasteiger partial charge in [0.25, 0.3) is 0 Å². The topological polar surface area (TPSA) is 140 Å². The highest BCUT2D eigenvalue weighted by molar-refractivity contribution is 6.17. The quantitative estimate of drug-likeness (QED) is 0.0666. The van der Waals surface area contributed by atoms with E-state index in [4.69, 9.17) is 68.4 Å². The third-order valence-electron chi connectivity index (χ3n) is 8.75. The third kappa shape index (κ3) is 24.6. The average Bonchev–Trinajstić information content (AvgIpc) is 3.57. The van der Waals surface area contributed by atoms with E-state index in [1.165, 1.54) is 28.7 Å². The molecule has 2 aromatic carbocycles. The van der Waals surface area contributed by atoms with Gasteiger partial charge in [0.05, 0.1) is 139 Å². The van der Waals surface area contributed by atoms with E-state index in [1.54, 1.807) is 0 Å². The van der Waals surface area contributed by atoms with Gasteiger partial charge in [-0.25, -0.2) is 4.79 Å². The highest BCUT2D eigenvalue weighted by Crippen LogP contribution is 2.44. The number of halogens is 1.